The van der Waals surface area contributed by atoms with Crippen LogP contribution in [0.25, 0.3) is 0 Å². The zero-order chi connectivity index (χ0) is 25.1. The number of aromatic nitrogens is 1. The molecule has 36 heavy (non-hydrogen) atoms. The number of anilines is 2. The Bertz CT molecular complexity index is 1100. The van der Waals surface area contributed by atoms with Crippen molar-refractivity contribution in [3.05, 3.63) is 51.6 Å². The molecule has 0 unspecified atom stereocenters. The van der Waals surface area contributed by atoms with Gasteiger partial charge in [0.05, 0.1) is 29.8 Å². The van der Waals surface area contributed by atoms with E-state index in [0.29, 0.717) is 16.6 Å². The van der Waals surface area contributed by atoms with Gasteiger partial charge in [0.1, 0.15) is 11.7 Å². The summed E-state index contributed by atoms with van der Waals surface area (Å²) in [4.78, 5) is 16.9. The molecular formula is C27H36Cl2N6O. The minimum Gasteiger partial charge on any atom is -0.379 e. The van der Waals surface area contributed by atoms with Crippen molar-refractivity contribution in [1.82, 2.24) is 14.8 Å². The first-order chi connectivity index (χ1) is 17.4. The number of fused-ring (bicyclic) bond motifs is 1. The van der Waals surface area contributed by atoms with Crippen LogP contribution in [0.5, 0.6) is 0 Å². The number of hydrogen-bond acceptors (Lipinski definition) is 6. The fourth-order valence-electron chi connectivity index (χ4n) is 5.40. The highest BCUT2D eigenvalue weighted by Gasteiger charge is 2.42. The molecule has 1 N–H and O–H groups in total. The number of likely N-dealkylation sites (N-methyl/N-ethyl adjacent to an activating group) is 1. The summed E-state index contributed by atoms with van der Waals surface area (Å²) in [6.07, 6.45) is 4.97. The minimum absolute atomic E-state index is 0.00147. The molecule has 0 atom stereocenters. The number of likely N-dealkylation sites (tertiary alicyclic amines) is 1. The first kappa shape index (κ1) is 25.7. The van der Waals surface area contributed by atoms with Crippen LogP contribution in [-0.2, 0) is 17.7 Å². The number of halogens is 2. The van der Waals surface area contributed by atoms with Gasteiger partial charge in [-0.2, -0.15) is 0 Å². The Morgan fingerprint density at radius 1 is 1.11 bits per heavy atom. The maximum atomic E-state index is 6.36. The third-order valence-electron chi connectivity index (χ3n) is 7.85. The van der Waals surface area contributed by atoms with Gasteiger partial charge in [0.15, 0.2) is 0 Å². The average molecular weight is 532 g/mol. The second-order valence-corrected chi connectivity index (χ2v) is 11.2. The fraction of sp³-hybridized carbons (Fsp3) is 0.556. The summed E-state index contributed by atoms with van der Waals surface area (Å²) < 4.78 is 5.46. The molecule has 9 heteroatoms. The van der Waals surface area contributed by atoms with Gasteiger partial charge in [-0.25, -0.2) is 4.98 Å². The third-order valence-corrected chi connectivity index (χ3v) is 8.57. The lowest BCUT2D eigenvalue weighted by Gasteiger charge is -2.45. The number of hydrogen-bond donors (Lipinski definition) is 1. The molecule has 2 saturated heterocycles. The number of piperidine rings is 1. The third kappa shape index (κ3) is 5.81. The summed E-state index contributed by atoms with van der Waals surface area (Å²) in [6, 6.07) is 8.19. The standard InChI is InChI=1S/C27H36Cl2N6O/c1-33-7-4-27(5-8-33)18-21-16-22(28)23(29)17-24(21)32-26(27)31-19-20-3-6-30-25(15-20)34(2)9-10-35-11-13-36-14-12-35/h3,6,15-17H,4-5,7-14,18-19H2,1-2H3,(H,31,32). The van der Waals surface area contributed by atoms with Crippen LogP contribution in [-0.4, -0.2) is 87.2 Å². The van der Waals surface area contributed by atoms with E-state index in [1.54, 1.807) is 0 Å². The summed E-state index contributed by atoms with van der Waals surface area (Å²) in [5.74, 6) is 2.05. The second kappa shape index (κ2) is 11.2. The molecule has 7 nitrogen and oxygen atoms in total. The lowest BCUT2D eigenvalue weighted by atomic mass is 9.70. The number of pyridine rings is 1. The summed E-state index contributed by atoms with van der Waals surface area (Å²) in [5.41, 5.74) is 3.41. The molecule has 2 fully saturated rings. The van der Waals surface area contributed by atoms with Gasteiger partial charge in [-0.1, -0.05) is 23.2 Å². The van der Waals surface area contributed by atoms with E-state index in [-0.39, 0.29) is 5.41 Å². The van der Waals surface area contributed by atoms with Crippen molar-refractivity contribution in [3.63, 3.8) is 0 Å². The molecule has 3 aliphatic heterocycles. The molecule has 0 radical (unpaired) electrons. The maximum Gasteiger partial charge on any atom is 0.128 e. The second-order valence-electron chi connectivity index (χ2n) is 10.4. The predicted octanol–water partition coefficient (Wildman–Crippen LogP) is 4.44. The Kier molecular flexibility index (Phi) is 8.03. The van der Waals surface area contributed by atoms with Crippen LogP contribution in [0.3, 0.4) is 0 Å². The van der Waals surface area contributed by atoms with Crippen molar-refractivity contribution in [2.24, 2.45) is 10.4 Å². The van der Waals surface area contributed by atoms with E-state index in [9.17, 15) is 0 Å². The zero-order valence-electron chi connectivity index (χ0n) is 21.3. The van der Waals surface area contributed by atoms with Crippen LogP contribution in [0.15, 0.2) is 35.5 Å². The Morgan fingerprint density at radius 3 is 2.64 bits per heavy atom. The van der Waals surface area contributed by atoms with E-state index >= 15 is 0 Å². The normalized spacial score (nSPS) is 21.4. The van der Waals surface area contributed by atoms with E-state index in [2.05, 4.69) is 51.2 Å². The first-order valence-corrected chi connectivity index (χ1v) is 13.6. The van der Waals surface area contributed by atoms with Crippen LogP contribution in [0.1, 0.15) is 24.0 Å². The van der Waals surface area contributed by atoms with Gasteiger partial charge in [-0.05, 0) is 74.8 Å². The molecule has 1 aromatic heterocycles. The maximum absolute atomic E-state index is 6.36. The van der Waals surface area contributed by atoms with Crippen LogP contribution >= 0.6 is 23.2 Å². The van der Waals surface area contributed by atoms with Crippen LogP contribution in [0, 0.1) is 5.41 Å². The average Bonchev–Trinajstić information content (AvgIpc) is 2.90. The Balaban J connectivity index is 1.32. The molecule has 4 heterocycles. The monoisotopic (exact) mass is 530 g/mol. The van der Waals surface area contributed by atoms with Crippen molar-refractivity contribution in [3.8, 4) is 0 Å². The first-order valence-electron chi connectivity index (χ1n) is 12.9. The molecule has 0 aliphatic carbocycles. The molecular weight excluding hydrogens is 495 g/mol. The quantitative estimate of drug-likeness (QED) is 0.595. The van der Waals surface area contributed by atoms with Crippen LogP contribution in [0.4, 0.5) is 11.5 Å². The Morgan fingerprint density at radius 2 is 1.86 bits per heavy atom. The van der Waals surface area contributed by atoms with Crippen LogP contribution < -0.4 is 10.2 Å². The number of benzene rings is 1. The van der Waals surface area contributed by atoms with Crippen molar-refractivity contribution >= 4 is 40.5 Å². The molecule has 3 aliphatic rings. The van der Waals surface area contributed by atoms with E-state index in [0.717, 1.165) is 94.6 Å². The number of nitrogens with one attached hydrogen (secondary N) is 1. The molecule has 194 valence electrons. The van der Waals surface area contributed by atoms with Crippen molar-refractivity contribution in [1.29, 1.82) is 0 Å². The van der Waals surface area contributed by atoms with E-state index in [4.69, 9.17) is 32.9 Å². The van der Waals surface area contributed by atoms with E-state index < -0.39 is 0 Å². The van der Waals surface area contributed by atoms with Gasteiger partial charge in [0.2, 0.25) is 0 Å². The van der Waals surface area contributed by atoms with Crippen molar-refractivity contribution in [2.75, 3.05) is 76.8 Å². The van der Waals surface area contributed by atoms with Gasteiger partial charge in [0, 0.05) is 50.5 Å². The molecule has 2 aromatic rings. The predicted molar refractivity (Wildman–Crippen MR) is 149 cm³/mol. The van der Waals surface area contributed by atoms with E-state index in [1.807, 2.05) is 18.3 Å². The van der Waals surface area contributed by atoms with E-state index in [1.165, 1.54) is 5.56 Å². The molecule has 5 rings (SSSR count). The number of aliphatic imine (C=N–C) groups is 1. The highest BCUT2D eigenvalue weighted by atomic mass is 35.5. The smallest absolute Gasteiger partial charge is 0.128 e. The summed E-state index contributed by atoms with van der Waals surface area (Å²) in [6.45, 7) is 8.34. The van der Waals surface area contributed by atoms with Gasteiger partial charge >= 0.3 is 0 Å². The lowest BCUT2D eigenvalue weighted by Crippen LogP contribution is -2.49. The van der Waals surface area contributed by atoms with Gasteiger partial charge in [-0.3, -0.25) is 9.89 Å². The van der Waals surface area contributed by atoms with Gasteiger partial charge < -0.3 is 19.9 Å². The van der Waals surface area contributed by atoms with Crippen molar-refractivity contribution in [2.45, 2.75) is 25.8 Å². The number of ether oxygens (including phenoxy) is 1. The van der Waals surface area contributed by atoms with Crippen molar-refractivity contribution < 1.29 is 4.74 Å². The number of amidine groups is 1. The van der Waals surface area contributed by atoms with Crippen LogP contribution in [0.2, 0.25) is 10.0 Å². The number of morpholine rings is 1. The summed E-state index contributed by atoms with van der Waals surface area (Å²) in [5, 5.41) is 4.83. The topological polar surface area (TPSA) is 56.2 Å². The summed E-state index contributed by atoms with van der Waals surface area (Å²) >= 11 is 12.7. The number of nitrogens with zero attached hydrogens (tertiary/aromatic N) is 5. The number of rotatable bonds is 6. The summed E-state index contributed by atoms with van der Waals surface area (Å²) in [7, 11) is 4.30. The zero-order valence-corrected chi connectivity index (χ0v) is 22.8. The molecule has 1 spiro atoms. The Hall–Kier alpha value is -1.90. The van der Waals surface area contributed by atoms with Gasteiger partial charge in [-0.15, -0.1) is 0 Å². The molecule has 0 bridgehead atoms. The molecule has 0 amide bonds. The highest BCUT2D eigenvalue weighted by molar-refractivity contribution is 6.42. The largest absolute Gasteiger partial charge is 0.379 e. The van der Waals surface area contributed by atoms with Gasteiger partial charge in [0.25, 0.3) is 0 Å². The molecule has 1 aromatic carbocycles. The lowest BCUT2D eigenvalue weighted by molar-refractivity contribution is 0.0393. The molecule has 0 saturated carbocycles. The SMILES string of the molecule is CN1CCC2(CC1)Cc1cc(Cl)c(Cl)cc1NC2=NCc1ccnc(N(C)CCN2CCOCC2)c1. The highest BCUT2D eigenvalue weighted by Crippen LogP contribution is 2.44. The fourth-order valence-corrected chi connectivity index (χ4v) is 5.75. The Labute approximate surface area is 224 Å². The minimum atomic E-state index is 0.00147.